The van der Waals surface area contributed by atoms with E-state index in [2.05, 4.69) is 34.2 Å². The van der Waals surface area contributed by atoms with Gasteiger partial charge in [-0.1, -0.05) is 0 Å². The molecule has 1 nitrogen and oxygen atoms in total. The van der Waals surface area contributed by atoms with Crippen molar-refractivity contribution in [3.63, 3.8) is 0 Å². The van der Waals surface area contributed by atoms with Gasteiger partial charge in [-0.2, -0.15) is 0 Å². The Labute approximate surface area is 85.7 Å². The molecule has 0 spiro atoms. The smallest absolute Gasteiger partial charge is 0.0730 e. The minimum Gasteiger partial charge on any atom is -0.315 e. The van der Waals surface area contributed by atoms with Crippen LogP contribution in [0.4, 0.5) is 0 Å². The van der Waals surface area contributed by atoms with Crippen molar-refractivity contribution in [2.24, 2.45) is 0 Å². The zero-order valence-electron chi connectivity index (χ0n) is 6.48. The lowest BCUT2D eigenvalue weighted by atomic mass is 10.3. The van der Waals surface area contributed by atoms with Crippen LogP contribution in [0.15, 0.2) is 9.85 Å². The monoisotopic (exact) mass is 255 g/mol. The van der Waals surface area contributed by atoms with Crippen molar-refractivity contribution >= 4 is 39.7 Å². The Bertz CT molecular complexity index is 205. The van der Waals surface area contributed by atoms with E-state index in [1.165, 1.54) is 14.2 Å². The Balaban J connectivity index is 0.000001000. The van der Waals surface area contributed by atoms with Gasteiger partial charge in [-0.3, -0.25) is 0 Å². The molecule has 0 saturated carbocycles. The van der Waals surface area contributed by atoms with Crippen LogP contribution in [-0.4, -0.2) is 7.05 Å². The molecule has 1 N–H and O–H groups in total. The first-order valence-corrected chi connectivity index (χ1v) is 4.74. The standard InChI is InChI=1S/C7H10BrNS.ClH/c1-5-3-6(4-9-2)10-7(5)8;/h3,9H,4H2,1-2H3;1H. The van der Waals surface area contributed by atoms with Gasteiger partial charge < -0.3 is 5.32 Å². The van der Waals surface area contributed by atoms with Crippen LogP contribution in [0, 0.1) is 6.92 Å². The second kappa shape index (κ2) is 5.14. The molecular formula is C7H11BrClNS. The molecule has 64 valence electrons. The summed E-state index contributed by atoms with van der Waals surface area (Å²) in [6, 6.07) is 2.20. The summed E-state index contributed by atoms with van der Waals surface area (Å²) in [5.74, 6) is 0. The fourth-order valence-electron chi connectivity index (χ4n) is 0.785. The first-order valence-electron chi connectivity index (χ1n) is 3.13. The summed E-state index contributed by atoms with van der Waals surface area (Å²) >= 11 is 5.27. The number of thiophene rings is 1. The summed E-state index contributed by atoms with van der Waals surface area (Å²) in [5.41, 5.74) is 1.33. The topological polar surface area (TPSA) is 12.0 Å². The number of hydrogen-bond acceptors (Lipinski definition) is 2. The molecule has 0 saturated heterocycles. The summed E-state index contributed by atoms with van der Waals surface area (Å²) in [5, 5.41) is 3.11. The van der Waals surface area contributed by atoms with E-state index in [1.54, 1.807) is 11.3 Å². The number of aryl methyl sites for hydroxylation is 1. The van der Waals surface area contributed by atoms with Crippen LogP contribution in [0.25, 0.3) is 0 Å². The minimum absolute atomic E-state index is 0. The van der Waals surface area contributed by atoms with Crippen molar-refractivity contribution in [2.75, 3.05) is 7.05 Å². The molecule has 0 aliphatic heterocycles. The molecule has 1 rings (SSSR count). The number of nitrogens with one attached hydrogen (secondary N) is 1. The summed E-state index contributed by atoms with van der Waals surface area (Å²) in [7, 11) is 1.96. The normalized spacial score (nSPS) is 9.36. The summed E-state index contributed by atoms with van der Waals surface area (Å²) in [6.45, 7) is 3.08. The molecule has 0 radical (unpaired) electrons. The second-order valence-electron chi connectivity index (χ2n) is 2.20. The van der Waals surface area contributed by atoms with Crippen LogP contribution in [0.3, 0.4) is 0 Å². The first kappa shape index (κ1) is 11.4. The highest BCUT2D eigenvalue weighted by Crippen LogP contribution is 2.26. The Morgan fingerprint density at radius 1 is 1.64 bits per heavy atom. The van der Waals surface area contributed by atoms with Gasteiger partial charge in [0.15, 0.2) is 0 Å². The van der Waals surface area contributed by atoms with E-state index in [4.69, 9.17) is 0 Å². The fraction of sp³-hybridized carbons (Fsp3) is 0.429. The second-order valence-corrected chi connectivity index (χ2v) is 4.65. The van der Waals surface area contributed by atoms with E-state index in [0.29, 0.717) is 0 Å². The third kappa shape index (κ3) is 3.11. The van der Waals surface area contributed by atoms with Gasteiger partial charge in [0.05, 0.1) is 3.79 Å². The van der Waals surface area contributed by atoms with Crippen LogP contribution in [0.5, 0.6) is 0 Å². The van der Waals surface area contributed by atoms with Gasteiger partial charge in [-0.05, 0) is 41.5 Å². The molecule has 0 amide bonds. The zero-order valence-corrected chi connectivity index (χ0v) is 9.70. The SMILES string of the molecule is CNCc1cc(C)c(Br)s1.Cl. The van der Waals surface area contributed by atoms with E-state index < -0.39 is 0 Å². The van der Waals surface area contributed by atoms with Gasteiger partial charge in [0.25, 0.3) is 0 Å². The average Bonchev–Trinajstić information content (AvgIpc) is 2.14. The highest BCUT2D eigenvalue weighted by Gasteiger charge is 2.00. The molecule has 1 heterocycles. The maximum Gasteiger partial charge on any atom is 0.0730 e. The average molecular weight is 257 g/mol. The number of rotatable bonds is 2. The van der Waals surface area contributed by atoms with Crippen LogP contribution in [-0.2, 0) is 6.54 Å². The molecule has 0 fully saturated rings. The molecule has 1 aromatic rings. The number of halogens is 2. The van der Waals surface area contributed by atoms with Crippen molar-refractivity contribution in [3.8, 4) is 0 Å². The number of hydrogen-bond donors (Lipinski definition) is 1. The van der Waals surface area contributed by atoms with Gasteiger partial charge in [0, 0.05) is 11.4 Å². The quantitative estimate of drug-likeness (QED) is 0.858. The lowest BCUT2D eigenvalue weighted by Gasteiger charge is -1.89. The maximum absolute atomic E-state index is 3.48. The lowest BCUT2D eigenvalue weighted by Crippen LogP contribution is -2.02. The Morgan fingerprint density at radius 2 is 2.27 bits per heavy atom. The zero-order chi connectivity index (χ0) is 7.56. The Morgan fingerprint density at radius 3 is 2.64 bits per heavy atom. The highest BCUT2D eigenvalue weighted by atomic mass is 79.9. The van der Waals surface area contributed by atoms with Gasteiger partial charge in [0.2, 0.25) is 0 Å². The summed E-state index contributed by atoms with van der Waals surface area (Å²) < 4.78 is 1.25. The third-order valence-electron chi connectivity index (χ3n) is 1.26. The predicted octanol–water partition coefficient (Wildman–Crippen LogP) is 2.96. The molecule has 0 aliphatic carbocycles. The molecule has 0 aromatic carbocycles. The Kier molecular flexibility index (Phi) is 5.34. The van der Waals surface area contributed by atoms with Crippen LogP contribution in [0.1, 0.15) is 10.4 Å². The van der Waals surface area contributed by atoms with Gasteiger partial charge in [-0.15, -0.1) is 23.7 Å². The Hall–Kier alpha value is 0.430. The molecular weight excluding hydrogens is 246 g/mol. The third-order valence-corrected chi connectivity index (χ3v) is 3.40. The van der Waals surface area contributed by atoms with Gasteiger partial charge in [-0.25, -0.2) is 0 Å². The van der Waals surface area contributed by atoms with Crippen molar-refractivity contribution < 1.29 is 0 Å². The minimum atomic E-state index is 0. The lowest BCUT2D eigenvalue weighted by molar-refractivity contribution is 0.831. The molecule has 0 atom stereocenters. The summed E-state index contributed by atoms with van der Waals surface area (Å²) in [4.78, 5) is 1.38. The molecule has 0 unspecified atom stereocenters. The van der Waals surface area contributed by atoms with Crippen molar-refractivity contribution in [2.45, 2.75) is 13.5 Å². The van der Waals surface area contributed by atoms with Crippen LogP contribution < -0.4 is 5.32 Å². The maximum atomic E-state index is 3.48. The van der Waals surface area contributed by atoms with Crippen molar-refractivity contribution in [1.29, 1.82) is 0 Å². The van der Waals surface area contributed by atoms with Crippen molar-refractivity contribution in [1.82, 2.24) is 5.32 Å². The van der Waals surface area contributed by atoms with E-state index >= 15 is 0 Å². The largest absolute Gasteiger partial charge is 0.315 e. The van der Waals surface area contributed by atoms with Gasteiger partial charge in [0.1, 0.15) is 0 Å². The van der Waals surface area contributed by atoms with Crippen LogP contribution >= 0.6 is 39.7 Å². The summed E-state index contributed by atoms with van der Waals surface area (Å²) in [6.07, 6.45) is 0. The first-order chi connectivity index (χ1) is 4.74. The molecule has 0 aliphatic rings. The van der Waals surface area contributed by atoms with Gasteiger partial charge >= 0.3 is 0 Å². The predicted molar refractivity (Wildman–Crippen MR) is 56.8 cm³/mol. The van der Waals surface area contributed by atoms with Crippen molar-refractivity contribution in [3.05, 3.63) is 20.3 Å². The van der Waals surface area contributed by atoms with E-state index in [-0.39, 0.29) is 12.4 Å². The van der Waals surface area contributed by atoms with Crippen LogP contribution in [0.2, 0.25) is 0 Å². The molecule has 1 aromatic heterocycles. The molecule has 4 heteroatoms. The van der Waals surface area contributed by atoms with E-state index in [9.17, 15) is 0 Å². The fourth-order valence-corrected chi connectivity index (χ4v) is 2.43. The highest BCUT2D eigenvalue weighted by molar-refractivity contribution is 9.11. The van der Waals surface area contributed by atoms with E-state index in [1.807, 2.05) is 7.05 Å². The molecule has 11 heavy (non-hydrogen) atoms. The van der Waals surface area contributed by atoms with E-state index in [0.717, 1.165) is 6.54 Å². The molecule has 0 bridgehead atoms.